The Hall–Kier alpha value is -1.13. The predicted molar refractivity (Wildman–Crippen MR) is 64.5 cm³/mol. The van der Waals surface area contributed by atoms with E-state index >= 15 is 0 Å². The number of nitrogens with two attached hydrogens (primary N) is 1. The summed E-state index contributed by atoms with van der Waals surface area (Å²) in [5.74, 6) is 1.02. The maximum absolute atomic E-state index is 5.95. The summed E-state index contributed by atoms with van der Waals surface area (Å²) in [4.78, 5) is 6.70. The fourth-order valence-corrected chi connectivity index (χ4v) is 1.83. The van der Waals surface area contributed by atoms with Crippen LogP contribution in [-0.4, -0.2) is 31.3 Å². The number of hydrogen-bond donors (Lipinski definition) is 1. The Balaban J connectivity index is 2.06. The molecule has 1 unspecified atom stereocenters. The van der Waals surface area contributed by atoms with E-state index in [1.54, 1.807) is 0 Å². The summed E-state index contributed by atoms with van der Waals surface area (Å²) in [7, 11) is 0. The molecule has 1 aliphatic heterocycles. The van der Waals surface area contributed by atoms with Crippen LogP contribution in [0.4, 0.5) is 5.82 Å². The van der Waals surface area contributed by atoms with Gasteiger partial charge in [0.05, 0.1) is 13.2 Å². The van der Waals surface area contributed by atoms with Crippen LogP contribution in [0.3, 0.4) is 0 Å². The molecule has 0 spiro atoms. The number of nitrogens with zero attached hydrogens (tertiary/aromatic N) is 2. The van der Waals surface area contributed by atoms with Gasteiger partial charge in [-0.3, -0.25) is 0 Å². The minimum atomic E-state index is 0.103. The zero-order valence-corrected chi connectivity index (χ0v) is 9.72. The molecule has 1 saturated heterocycles. The zero-order chi connectivity index (χ0) is 11.4. The number of hydrogen-bond acceptors (Lipinski definition) is 4. The van der Waals surface area contributed by atoms with Crippen LogP contribution < -0.4 is 10.6 Å². The molecule has 0 bridgehead atoms. The molecular weight excluding hydrogens is 202 g/mol. The summed E-state index contributed by atoms with van der Waals surface area (Å²) in [6, 6.07) is 4.23. The quantitative estimate of drug-likeness (QED) is 0.836. The van der Waals surface area contributed by atoms with Crippen LogP contribution in [0.25, 0.3) is 0 Å². The molecule has 16 heavy (non-hydrogen) atoms. The van der Waals surface area contributed by atoms with E-state index in [0.29, 0.717) is 0 Å². The average Bonchev–Trinajstić information content (AvgIpc) is 2.39. The molecule has 2 heterocycles. The summed E-state index contributed by atoms with van der Waals surface area (Å²) in [5, 5.41) is 0. The maximum atomic E-state index is 5.95. The third kappa shape index (κ3) is 2.51. The van der Waals surface area contributed by atoms with Gasteiger partial charge in [-0.1, -0.05) is 13.0 Å². The van der Waals surface area contributed by atoms with Crippen molar-refractivity contribution in [3.63, 3.8) is 0 Å². The molecule has 1 aromatic rings. The van der Waals surface area contributed by atoms with Gasteiger partial charge in [0.25, 0.3) is 0 Å². The third-order valence-corrected chi connectivity index (χ3v) is 2.97. The van der Waals surface area contributed by atoms with Crippen LogP contribution in [0.15, 0.2) is 18.3 Å². The molecule has 0 saturated carbocycles. The Labute approximate surface area is 96.4 Å². The van der Waals surface area contributed by atoms with Crippen molar-refractivity contribution >= 4 is 5.82 Å². The highest BCUT2D eigenvalue weighted by Gasteiger charge is 2.12. The van der Waals surface area contributed by atoms with Gasteiger partial charge in [0, 0.05) is 25.3 Å². The van der Waals surface area contributed by atoms with Crippen molar-refractivity contribution in [1.82, 2.24) is 4.98 Å². The Bertz CT molecular complexity index is 320. The van der Waals surface area contributed by atoms with Gasteiger partial charge < -0.3 is 15.4 Å². The molecule has 1 aromatic heterocycles. The Morgan fingerprint density at radius 3 is 2.75 bits per heavy atom. The third-order valence-electron chi connectivity index (χ3n) is 2.97. The minimum absolute atomic E-state index is 0.103. The van der Waals surface area contributed by atoms with Gasteiger partial charge in [0.2, 0.25) is 0 Å². The van der Waals surface area contributed by atoms with Gasteiger partial charge in [-0.05, 0) is 18.1 Å². The minimum Gasteiger partial charge on any atom is -0.378 e. The van der Waals surface area contributed by atoms with E-state index in [9.17, 15) is 0 Å². The molecule has 0 aliphatic carbocycles. The molecule has 2 N–H and O–H groups in total. The van der Waals surface area contributed by atoms with E-state index in [1.807, 2.05) is 6.20 Å². The normalized spacial score (nSPS) is 18.5. The fraction of sp³-hybridized carbons (Fsp3) is 0.583. The lowest BCUT2D eigenvalue weighted by Crippen LogP contribution is -2.36. The zero-order valence-electron chi connectivity index (χ0n) is 9.72. The number of aromatic nitrogens is 1. The van der Waals surface area contributed by atoms with Crippen LogP contribution in [0.2, 0.25) is 0 Å². The highest BCUT2D eigenvalue weighted by atomic mass is 16.5. The Morgan fingerprint density at radius 1 is 1.44 bits per heavy atom. The van der Waals surface area contributed by atoms with E-state index in [0.717, 1.165) is 44.1 Å². The first-order valence-corrected chi connectivity index (χ1v) is 5.85. The van der Waals surface area contributed by atoms with E-state index < -0.39 is 0 Å². The smallest absolute Gasteiger partial charge is 0.128 e. The summed E-state index contributed by atoms with van der Waals surface area (Å²) >= 11 is 0. The van der Waals surface area contributed by atoms with Crippen LogP contribution in [-0.2, 0) is 4.74 Å². The average molecular weight is 221 g/mol. The van der Waals surface area contributed by atoms with Crippen LogP contribution in [0.5, 0.6) is 0 Å². The molecule has 0 radical (unpaired) electrons. The highest BCUT2D eigenvalue weighted by Crippen LogP contribution is 2.17. The number of morpholine rings is 1. The second kappa shape index (κ2) is 5.27. The summed E-state index contributed by atoms with van der Waals surface area (Å²) in [6.45, 7) is 5.51. The van der Waals surface area contributed by atoms with Gasteiger partial charge in [0.1, 0.15) is 5.82 Å². The van der Waals surface area contributed by atoms with Crippen molar-refractivity contribution in [3.8, 4) is 0 Å². The molecule has 1 atom stereocenters. The van der Waals surface area contributed by atoms with E-state index in [-0.39, 0.29) is 6.04 Å². The molecular formula is C12H19N3O. The first kappa shape index (κ1) is 11.4. The van der Waals surface area contributed by atoms with Crippen molar-refractivity contribution in [2.75, 3.05) is 31.2 Å². The van der Waals surface area contributed by atoms with E-state index in [4.69, 9.17) is 10.5 Å². The van der Waals surface area contributed by atoms with Crippen molar-refractivity contribution in [3.05, 3.63) is 23.9 Å². The van der Waals surface area contributed by atoms with E-state index in [1.165, 1.54) is 0 Å². The number of anilines is 1. The first-order valence-electron chi connectivity index (χ1n) is 5.85. The molecule has 4 nitrogen and oxygen atoms in total. The lowest BCUT2D eigenvalue weighted by atomic mass is 10.1. The molecule has 2 rings (SSSR count). The van der Waals surface area contributed by atoms with Crippen molar-refractivity contribution < 1.29 is 4.74 Å². The molecule has 88 valence electrons. The lowest BCUT2D eigenvalue weighted by molar-refractivity contribution is 0.122. The summed E-state index contributed by atoms with van der Waals surface area (Å²) in [5.41, 5.74) is 7.06. The SMILES string of the molecule is CCC(N)c1ccc(N2CCOCC2)nc1. The van der Waals surface area contributed by atoms with E-state index in [2.05, 4.69) is 28.9 Å². The topological polar surface area (TPSA) is 51.4 Å². The van der Waals surface area contributed by atoms with Crippen molar-refractivity contribution in [1.29, 1.82) is 0 Å². The monoisotopic (exact) mass is 221 g/mol. The first-order chi connectivity index (χ1) is 7.81. The standard InChI is InChI=1S/C12H19N3O/c1-2-11(13)10-3-4-12(14-9-10)15-5-7-16-8-6-15/h3-4,9,11H,2,5-8,13H2,1H3. The highest BCUT2D eigenvalue weighted by molar-refractivity contribution is 5.40. The number of rotatable bonds is 3. The molecule has 0 amide bonds. The van der Waals surface area contributed by atoms with Gasteiger partial charge in [-0.2, -0.15) is 0 Å². The summed E-state index contributed by atoms with van der Waals surface area (Å²) in [6.07, 6.45) is 2.83. The number of pyridine rings is 1. The molecule has 0 aromatic carbocycles. The maximum Gasteiger partial charge on any atom is 0.128 e. The van der Waals surface area contributed by atoms with Gasteiger partial charge in [-0.15, -0.1) is 0 Å². The van der Waals surface area contributed by atoms with Gasteiger partial charge >= 0.3 is 0 Å². The van der Waals surface area contributed by atoms with Crippen LogP contribution in [0.1, 0.15) is 24.9 Å². The molecule has 4 heteroatoms. The second-order valence-corrected chi connectivity index (χ2v) is 4.06. The molecule has 1 aliphatic rings. The lowest BCUT2D eigenvalue weighted by Gasteiger charge is -2.27. The second-order valence-electron chi connectivity index (χ2n) is 4.06. The fourth-order valence-electron chi connectivity index (χ4n) is 1.83. The van der Waals surface area contributed by atoms with Crippen molar-refractivity contribution in [2.45, 2.75) is 19.4 Å². The van der Waals surface area contributed by atoms with Crippen LogP contribution >= 0.6 is 0 Å². The van der Waals surface area contributed by atoms with Gasteiger partial charge in [-0.25, -0.2) is 4.98 Å². The Kier molecular flexibility index (Phi) is 3.74. The largest absolute Gasteiger partial charge is 0.378 e. The Morgan fingerprint density at radius 2 is 2.19 bits per heavy atom. The predicted octanol–water partition coefficient (Wildman–Crippen LogP) is 1.33. The summed E-state index contributed by atoms with van der Waals surface area (Å²) < 4.78 is 5.31. The number of ether oxygens (including phenoxy) is 1. The van der Waals surface area contributed by atoms with Crippen molar-refractivity contribution in [2.24, 2.45) is 5.73 Å². The van der Waals surface area contributed by atoms with Gasteiger partial charge in [0.15, 0.2) is 0 Å². The molecule has 1 fully saturated rings. The van der Waals surface area contributed by atoms with Crippen LogP contribution in [0, 0.1) is 0 Å².